The molecule has 0 fully saturated rings. The summed E-state index contributed by atoms with van der Waals surface area (Å²) in [6.07, 6.45) is 1.23. The molecule has 0 aliphatic carbocycles. The molecular weight excluding hydrogens is 182 g/mol. The molecule has 0 bridgehead atoms. The third-order valence-corrected chi connectivity index (χ3v) is 3.45. The summed E-state index contributed by atoms with van der Waals surface area (Å²) in [5.41, 5.74) is 4.73. The van der Waals surface area contributed by atoms with Crippen LogP contribution < -0.4 is 0 Å². The Bertz CT molecular complexity index is 341. The molecule has 0 saturated carbocycles. The van der Waals surface area contributed by atoms with Crippen LogP contribution in [0, 0.1) is 0 Å². The molecule has 0 aromatic heterocycles. The van der Waals surface area contributed by atoms with Gasteiger partial charge in [0, 0.05) is 13.1 Å². The minimum Gasteiger partial charge on any atom is -0.299 e. The Morgan fingerprint density at radius 2 is 2.13 bits per heavy atom. The van der Waals surface area contributed by atoms with Crippen LogP contribution in [0.3, 0.4) is 0 Å². The van der Waals surface area contributed by atoms with Crippen molar-refractivity contribution in [1.29, 1.82) is 0 Å². The molecule has 0 amide bonds. The second-order valence-electron chi connectivity index (χ2n) is 4.76. The van der Waals surface area contributed by atoms with Crippen LogP contribution in [0.1, 0.15) is 43.4 Å². The van der Waals surface area contributed by atoms with Crippen molar-refractivity contribution in [3.05, 3.63) is 34.9 Å². The number of nitrogens with zero attached hydrogens (tertiary/aromatic N) is 1. The molecule has 1 aromatic carbocycles. The van der Waals surface area contributed by atoms with Crippen molar-refractivity contribution >= 4 is 0 Å². The highest BCUT2D eigenvalue weighted by molar-refractivity contribution is 5.38. The minimum atomic E-state index is 0.660. The van der Waals surface area contributed by atoms with Crippen molar-refractivity contribution in [2.24, 2.45) is 0 Å². The lowest BCUT2D eigenvalue weighted by Gasteiger charge is -2.29. The first-order valence-electron chi connectivity index (χ1n) is 6.05. The Kier molecular flexibility index (Phi) is 3.11. The number of benzene rings is 1. The summed E-state index contributed by atoms with van der Waals surface area (Å²) < 4.78 is 0. The summed E-state index contributed by atoms with van der Waals surface area (Å²) >= 11 is 0. The summed E-state index contributed by atoms with van der Waals surface area (Å²) in [6, 6.07) is 6.81. The van der Waals surface area contributed by atoms with Crippen molar-refractivity contribution in [1.82, 2.24) is 4.90 Å². The third-order valence-electron chi connectivity index (χ3n) is 3.45. The van der Waals surface area contributed by atoms with Gasteiger partial charge in [-0.2, -0.15) is 0 Å². The number of hydrogen-bond donors (Lipinski definition) is 0. The zero-order valence-corrected chi connectivity index (χ0v) is 10.1. The van der Waals surface area contributed by atoms with Crippen LogP contribution in [0.15, 0.2) is 18.2 Å². The zero-order valence-electron chi connectivity index (χ0n) is 10.1. The van der Waals surface area contributed by atoms with Gasteiger partial charge in [-0.25, -0.2) is 0 Å². The Labute approximate surface area is 93.1 Å². The topological polar surface area (TPSA) is 3.24 Å². The Morgan fingerprint density at radius 1 is 1.33 bits per heavy atom. The van der Waals surface area contributed by atoms with E-state index in [0.29, 0.717) is 5.92 Å². The summed E-state index contributed by atoms with van der Waals surface area (Å²) in [6.45, 7) is 10.4. The van der Waals surface area contributed by atoms with Gasteiger partial charge in [-0.15, -0.1) is 0 Å². The lowest BCUT2D eigenvalue weighted by molar-refractivity contribution is 0.267. The van der Waals surface area contributed by atoms with Crippen molar-refractivity contribution < 1.29 is 0 Å². The van der Waals surface area contributed by atoms with Crippen LogP contribution in [-0.2, 0) is 13.0 Å². The van der Waals surface area contributed by atoms with Crippen LogP contribution in [-0.4, -0.2) is 18.0 Å². The fourth-order valence-electron chi connectivity index (χ4n) is 2.51. The molecule has 0 radical (unpaired) electrons. The number of hydrogen-bond acceptors (Lipinski definition) is 1. The van der Waals surface area contributed by atoms with Gasteiger partial charge in [-0.1, -0.05) is 39.0 Å². The molecule has 0 unspecified atom stereocenters. The van der Waals surface area contributed by atoms with Gasteiger partial charge in [0.25, 0.3) is 0 Å². The molecule has 0 N–H and O–H groups in total. The van der Waals surface area contributed by atoms with E-state index in [9.17, 15) is 0 Å². The van der Waals surface area contributed by atoms with Gasteiger partial charge in [0.2, 0.25) is 0 Å². The molecule has 1 aliphatic heterocycles. The van der Waals surface area contributed by atoms with Gasteiger partial charge in [0.1, 0.15) is 0 Å². The van der Waals surface area contributed by atoms with E-state index >= 15 is 0 Å². The monoisotopic (exact) mass is 203 g/mol. The van der Waals surface area contributed by atoms with Gasteiger partial charge in [-0.3, -0.25) is 4.90 Å². The molecule has 1 aliphatic rings. The molecule has 1 nitrogen and oxygen atoms in total. The number of rotatable bonds is 2. The maximum atomic E-state index is 2.52. The largest absolute Gasteiger partial charge is 0.299 e. The van der Waals surface area contributed by atoms with E-state index in [1.54, 1.807) is 16.7 Å². The van der Waals surface area contributed by atoms with E-state index in [4.69, 9.17) is 0 Å². The van der Waals surface area contributed by atoms with E-state index in [-0.39, 0.29) is 0 Å². The molecule has 1 heterocycles. The second-order valence-corrected chi connectivity index (χ2v) is 4.76. The molecule has 2 rings (SSSR count). The van der Waals surface area contributed by atoms with Crippen molar-refractivity contribution in [2.75, 3.05) is 13.1 Å². The van der Waals surface area contributed by atoms with E-state index in [2.05, 4.69) is 43.9 Å². The van der Waals surface area contributed by atoms with Crippen LogP contribution in [0.2, 0.25) is 0 Å². The predicted octanol–water partition coefficient (Wildman–Crippen LogP) is 3.19. The average Bonchev–Trinajstić information content (AvgIpc) is 2.27. The minimum absolute atomic E-state index is 0.660. The molecule has 1 aromatic rings. The summed E-state index contributed by atoms with van der Waals surface area (Å²) in [5.74, 6) is 0.660. The molecule has 0 atom stereocenters. The summed E-state index contributed by atoms with van der Waals surface area (Å²) in [5, 5.41) is 0. The van der Waals surface area contributed by atoms with E-state index in [1.165, 1.54) is 19.5 Å². The fraction of sp³-hybridized carbons (Fsp3) is 0.571. The van der Waals surface area contributed by atoms with Crippen LogP contribution in [0.5, 0.6) is 0 Å². The zero-order chi connectivity index (χ0) is 10.8. The Balaban J connectivity index is 2.33. The Hall–Kier alpha value is -0.820. The highest BCUT2D eigenvalue weighted by atomic mass is 15.1. The second kappa shape index (κ2) is 4.36. The standard InChI is InChI=1S/C14H21N/c1-4-15-9-8-14-12(10-15)6-5-7-13(14)11(2)3/h5-7,11H,4,8-10H2,1-3H3. The number of fused-ring (bicyclic) bond motifs is 1. The Morgan fingerprint density at radius 3 is 2.80 bits per heavy atom. The van der Waals surface area contributed by atoms with Gasteiger partial charge < -0.3 is 0 Å². The van der Waals surface area contributed by atoms with Crippen molar-refractivity contribution in [3.8, 4) is 0 Å². The first kappa shape index (κ1) is 10.7. The van der Waals surface area contributed by atoms with Crippen LogP contribution in [0.25, 0.3) is 0 Å². The molecular formula is C14H21N. The first-order valence-corrected chi connectivity index (χ1v) is 6.05. The van der Waals surface area contributed by atoms with Crippen molar-refractivity contribution in [3.63, 3.8) is 0 Å². The maximum absolute atomic E-state index is 2.52. The van der Waals surface area contributed by atoms with Gasteiger partial charge >= 0.3 is 0 Å². The highest BCUT2D eigenvalue weighted by Gasteiger charge is 2.18. The predicted molar refractivity (Wildman–Crippen MR) is 65.2 cm³/mol. The van der Waals surface area contributed by atoms with E-state index in [1.807, 2.05) is 0 Å². The van der Waals surface area contributed by atoms with Gasteiger partial charge in [0.05, 0.1) is 0 Å². The van der Waals surface area contributed by atoms with Gasteiger partial charge in [0.15, 0.2) is 0 Å². The molecule has 0 spiro atoms. The average molecular weight is 203 g/mol. The summed E-state index contributed by atoms with van der Waals surface area (Å²) in [7, 11) is 0. The lowest BCUT2D eigenvalue weighted by Crippen LogP contribution is -2.30. The smallest absolute Gasteiger partial charge is 0.0236 e. The highest BCUT2D eigenvalue weighted by Crippen LogP contribution is 2.27. The van der Waals surface area contributed by atoms with E-state index in [0.717, 1.165) is 6.54 Å². The first-order chi connectivity index (χ1) is 7.22. The molecule has 82 valence electrons. The normalized spacial score (nSPS) is 16.8. The SMILES string of the molecule is CCN1CCc2c(cccc2C(C)C)C1. The van der Waals surface area contributed by atoms with Gasteiger partial charge in [-0.05, 0) is 35.6 Å². The van der Waals surface area contributed by atoms with Crippen LogP contribution in [0.4, 0.5) is 0 Å². The molecule has 0 saturated heterocycles. The molecule has 15 heavy (non-hydrogen) atoms. The third kappa shape index (κ3) is 2.07. The van der Waals surface area contributed by atoms with Crippen molar-refractivity contribution in [2.45, 2.75) is 39.7 Å². The van der Waals surface area contributed by atoms with Crippen LogP contribution >= 0.6 is 0 Å². The number of likely N-dealkylation sites (N-methyl/N-ethyl adjacent to an activating group) is 1. The van der Waals surface area contributed by atoms with E-state index < -0.39 is 0 Å². The fourth-order valence-corrected chi connectivity index (χ4v) is 2.51. The molecule has 1 heteroatoms. The quantitative estimate of drug-likeness (QED) is 0.713. The lowest BCUT2D eigenvalue weighted by atomic mass is 9.89. The summed E-state index contributed by atoms with van der Waals surface area (Å²) in [4.78, 5) is 2.52. The maximum Gasteiger partial charge on any atom is 0.0236 e.